The van der Waals surface area contributed by atoms with Crippen molar-refractivity contribution in [2.45, 2.75) is 26.5 Å². The van der Waals surface area contributed by atoms with Crippen molar-refractivity contribution in [2.24, 2.45) is 0 Å². The summed E-state index contributed by atoms with van der Waals surface area (Å²) in [6.07, 6.45) is 1.63. The van der Waals surface area contributed by atoms with Crippen molar-refractivity contribution in [3.63, 3.8) is 0 Å². The first-order valence-corrected chi connectivity index (χ1v) is 9.84. The number of carbonyl (C=O) groups is 2. The number of benzene rings is 2. The summed E-state index contributed by atoms with van der Waals surface area (Å²) < 4.78 is 5.64. The number of carbonyl (C=O) groups excluding carboxylic acids is 2. The van der Waals surface area contributed by atoms with Gasteiger partial charge < -0.3 is 15.4 Å². The summed E-state index contributed by atoms with van der Waals surface area (Å²) in [4.78, 5) is 28.7. The predicted molar refractivity (Wildman–Crippen MR) is 116 cm³/mol. The van der Waals surface area contributed by atoms with Crippen molar-refractivity contribution < 1.29 is 14.3 Å². The fourth-order valence-corrected chi connectivity index (χ4v) is 2.85. The van der Waals surface area contributed by atoms with Crippen LogP contribution in [0.1, 0.15) is 29.8 Å². The Hall–Kier alpha value is -3.67. The first kappa shape index (κ1) is 21.0. The van der Waals surface area contributed by atoms with Crippen LogP contribution in [-0.2, 0) is 11.3 Å². The zero-order valence-corrected chi connectivity index (χ0v) is 17.1. The van der Waals surface area contributed by atoms with Crippen LogP contribution in [0.25, 0.3) is 11.1 Å². The summed E-state index contributed by atoms with van der Waals surface area (Å²) in [5.41, 5.74) is 3.39. The molecule has 2 amide bonds. The summed E-state index contributed by atoms with van der Waals surface area (Å²) in [5.74, 6) is -0.0890. The summed E-state index contributed by atoms with van der Waals surface area (Å²) in [6.45, 7) is 3.99. The van der Waals surface area contributed by atoms with E-state index in [1.54, 1.807) is 24.4 Å². The molecule has 0 fully saturated rings. The molecule has 0 radical (unpaired) electrons. The van der Waals surface area contributed by atoms with Gasteiger partial charge in [0.2, 0.25) is 11.8 Å². The first-order valence-electron chi connectivity index (χ1n) is 9.84. The lowest BCUT2D eigenvalue weighted by Gasteiger charge is -2.13. The lowest BCUT2D eigenvalue weighted by Crippen LogP contribution is -2.36. The van der Waals surface area contributed by atoms with Gasteiger partial charge in [-0.25, -0.2) is 4.98 Å². The van der Waals surface area contributed by atoms with Gasteiger partial charge in [-0.05, 0) is 43.2 Å². The SMILES string of the molecule is CC(C)Oc1ncccc1CNC(=O)CNC(=O)c1ccc(-c2ccccc2)cc1. The Labute approximate surface area is 176 Å². The van der Waals surface area contributed by atoms with E-state index in [4.69, 9.17) is 4.74 Å². The van der Waals surface area contributed by atoms with E-state index in [1.807, 2.05) is 62.4 Å². The second-order valence-corrected chi connectivity index (χ2v) is 7.04. The maximum Gasteiger partial charge on any atom is 0.251 e. The van der Waals surface area contributed by atoms with E-state index in [9.17, 15) is 9.59 Å². The molecular formula is C24H25N3O3. The fraction of sp³-hybridized carbons (Fsp3) is 0.208. The monoisotopic (exact) mass is 403 g/mol. The zero-order chi connectivity index (χ0) is 21.3. The van der Waals surface area contributed by atoms with E-state index in [0.717, 1.165) is 16.7 Å². The van der Waals surface area contributed by atoms with E-state index in [-0.39, 0.29) is 31.0 Å². The number of nitrogens with one attached hydrogen (secondary N) is 2. The van der Waals surface area contributed by atoms with Gasteiger partial charge >= 0.3 is 0 Å². The van der Waals surface area contributed by atoms with Crippen molar-refractivity contribution in [1.82, 2.24) is 15.6 Å². The fourth-order valence-electron chi connectivity index (χ4n) is 2.85. The molecule has 0 aliphatic heterocycles. The lowest BCUT2D eigenvalue weighted by atomic mass is 10.0. The number of pyridine rings is 1. The maximum atomic E-state index is 12.3. The molecule has 6 heteroatoms. The average molecular weight is 403 g/mol. The Balaban J connectivity index is 1.50. The van der Waals surface area contributed by atoms with Crippen molar-refractivity contribution in [2.75, 3.05) is 6.54 Å². The number of aromatic nitrogens is 1. The Morgan fingerprint density at radius 1 is 0.900 bits per heavy atom. The standard InChI is InChI=1S/C24H25N3O3/c1-17(2)30-24-21(9-6-14-25-24)15-26-22(28)16-27-23(29)20-12-10-19(11-13-20)18-7-4-3-5-8-18/h3-14,17H,15-16H2,1-2H3,(H,26,28)(H,27,29). The average Bonchev–Trinajstić information content (AvgIpc) is 2.77. The van der Waals surface area contributed by atoms with Crippen molar-refractivity contribution in [3.05, 3.63) is 84.1 Å². The van der Waals surface area contributed by atoms with E-state index in [2.05, 4.69) is 15.6 Å². The van der Waals surface area contributed by atoms with Gasteiger partial charge in [-0.2, -0.15) is 0 Å². The third-order valence-electron chi connectivity index (χ3n) is 4.34. The topological polar surface area (TPSA) is 80.3 Å². The third-order valence-corrected chi connectivity index (χ3v) is 4.34. The van der Waals surface area contributed by atoms with E-state index >= 15 is 0 Å². The molecule has 0 atom stereocenters. The number of hydrogen-bond acceptors (Lipinski definition) is 4. The van der Waals surface area contributed by atoms with Crippen molar-refractivity contribution in [1.29, 1.82) is 0 Å². The molecule has 0 unspecified atom stereocenters. The highest BCUT2D eigenvalue weighted by molar-refractivity contribution is 5.96. The number of rotatable bonds is 8. The number of amides is 2. The van der Waals surface area contributed by atoms with E-state index in [0.29, 0.717) is 11.4 Å². The zero-order valence-electron chi connectivity index (χ0n) is 17.1. The van der Waals surface area contributed by atoms with Gasteiger partial charge in [0, 0.05) is 23.9 Å². The molecule has 0 saturated heterocycles. The Morgan fingerprint density at radius 2 is 1.60 bits per heavy atom. The molecule has 2 aromatic carbocycles. The smallest absolute Gasteiger partial charge is 0.251 e. The molecule has 0 bridgehead atoms. The van der Waals surface area contributed by atoms with E-state index < -0.39 is 0 Å². The van der Waals surface area contributed by atoms with Gasteiger partial charge in [-0.15, -0.1) is 0 Å². The molecule has 1 heterocycles. The van der Waals surface area contributed by atoms with Crippen LogP contribution in [0.2, 0.25) is 0 Å². The first-order chi connectivity index (χ1) is 14.5. The Morgan fingerprint density at radius 3 is 2.30 bits per heavy atom. The second-order valence-electron chi connectivity index (χ2n) is 7.04. The van der Waals surface area contributed by atoms with Gasteiger partial charge in [-0.1, -0.05) is 48.5 Å². The molecule has 3 aromatic rings. The van der Waals surface area contributed by atoms with Crippen molar-refractivity contribution in [3.8, 4) is 17.0 Å². The Kier molecular flexibility index (Phi) is 7.16. The van der Waals surface area contributed by atoms with Gasteiger partial charge in [0.05, 0.1) is 12.6 Å². The molecular weight excluding hydrogens is 378 g/mol. The summed E-state index contributed by atoms with van der Waals surface area (Å²) in [6, 6.07) is 20.8. The highest BCUT2D eigenvalue weighted by Crippen LogP contribution is 2.19. The van der Waals surface area contributed by atoms with Gasteiger partial charge in [0.15, 0.2) is 0 Å². The summed E-state index contributed by atoms with van der Waals surface area (Å²) >= 11 is 0. The maximum absolute atomic E-state index is 12.3. The van der Waals surface area contributed by atoms with Crippen LogP contribution >= 0.6 is 0 Å². The number of hydrogen-bond donors (Lipinski definition) is 2. The molecule has 0 aliphatic carbocycles. The Bertz CT molecular complexity index is 986. The van der Waals surface area contributed by atoms with Crippen LogP contribution in [-0.4, -0.2) is 29.4 Å². The molecule has 2 N–H and O–H groups in total. The predicted octanol–water partition coefficient (Wildman–Crippen LogP) is 3.58. The molecule has 6 nitrogen and oxygen atoms in total. The summed E-state index contributed by atoms with van der Waals surface area (Å²) in [7, 11) is 0. The largest absolute Gasteiger partial charge is 0.475 e. The van der Waals surface area contributed by atoms with Crippen LogP contribution in [0, 0.1) is 0 Å². The minimum Gasteiger partial charge on any atom is -0.475 e. The van der Waals surface area contributed by atoms with Crippen molar-refractivity contribution >= 4 is 11.8 Å². The van der Waals surface area contributed by atoms with Gasteiger partial charge in [0.1, 0.15) is 0 Å². The number of nitrogens with zero attached hydrogens (tertiary/aromatic N) is 1. The molecule has 0 saturated carbocycles. The highest BCUT2D eigenvalue weighted by atomic mass is 16.5. The molecule has 154 valence electrons. The molecule has 0 aliphatic rings. The quantitative estimate of drug-likeness (QED) is 0.602. The second kappa shape index (κ2) is 10.2. The van der Waals surface area contributed by atoms with Crippen LogP contribution in [0.4, 0.5) is 0 Å². The minimum atomic E-state index is -0.296. The molecule has 1 aromatic heterocycles. The third kappa shape index (κ3) is 5.91. The molecule has 30 heavy (non-hydrogen) atoms. The van der Waals surface area contributed by atoms with Crippen LogP contribution in [0.3, 0.4) is 0 Å². The summed E-state index contributed by atoms with van der Waals surface area (Å²) in [5, 5.41) is 5.42. The normalized spacial score (nSPS) is 10.5. The minimum absolute atomic E-state index is 0.0121. The number of ether oxygens (including phenoxy) is 1. The lowest BCUT2D eigenvalue weighted by molar-refractivity contribution is -0.120. The highest BCUT2D eigenvalue weighted by Gasteiger charge is 2.11. The van der Waals surface area contributed by atoms with Gasteiger partial charge in [-0.3, -0.25) is 9.59 Å². The van der Waals surface area contributed by atoms with Crippen LogP contribution in [0.5, 0.6) is 5.88 Å². The molecule has 0 spiro atoms. The van der Waals surface area contributed by atoms with Crippen LogP contribution < -0.4 is 15.4 Å². The van der Waals surface area contributed by atoms with Crippen LogP contribution in [0.15, 0.2) is 72.9 Å². The van der Waals surface area contributed by atoms with E-state index in [1.165, 1.54) is 0 Å². The van der Waals surface area contributed by atoms with Gasteiger partial charge in [0.25, 0.3) is 5.91 Å². The molecule has 3 rings (SSSR count).